The summed E-state index contributed by atoms with van der Waals surface area (Å²) < 4.78 is 5.33. The van der Waals surface area contributed by atoms with Crippen molar-refractivity contribution in [2.75, 3.05) is 6.61 Å². The molecule has 0 saturated heterocycles. The third kappa shape index (κ3) is 5.21. The molecule has 1 aromatic carbocycles. The SMILES string of the molecule is [CH2]CCCCC(=O)COc1ccccc1. The molecule has 0 saturated carbocycles. The highest BCUT2D eigenvalue weighted by atomic mass is 16.5. The van der Waals surface area contributed by atoms with Crippen molar-refractivity contribution in [1.82, 2.24) is 0 Å². The molecule has 0 N–H and O–H groups in total. The summed E-state index contributed by atoms with van der Waals surface area (Å²) in [5.41, 5.74) is 0. The fourth-order valence-corrected chi connectivity index (χ4v) is 1.25. The number of hydrogen-bond acceptors (Lipinski definition) is 2. The predicted octanol–water partition coefficient (Wildman–Crippen LogP) is 3.03. The standard InChI is InChI=1S/C13H17O2/c1-2-3-5-8-12(14)11-15-13-9-6-4-7-10-13/h4,6-7,9-10H,1-3,5,8,11H2. The minimum Gasteiger partial charge on any atom is -0.486 e. The summed E-state index contributed by atoms with van der Waals surface area (Å²) in [5.74, 6) is 0.912. The monoisotopic (exact) mass is 205 g/mol. The maximum atomic E-state index is 11.3. The van der Waals surface area contributed by atoms with E-state index in [0.717, 1.165) is 25.0 Å². The van der Waals surface area contributed by atoms with Crippen LogP contribution in [0.1, 0.15) is 25.7 Å². The molecule has 0 aliphatic rings. The molecule has 0 atom stereocenters. The predicted molar refractivity (Wildman–Crippen MR) is 60.8 cm³/mol. The first kappa shape index (κ1) is 11.8. The summed E-state index contributed by atoms with van der Waals surface area (Å²) >= 11 is 0. The van der Waals surface area contributed by atoms with Gasteiger partial charge in [0.1, 0.15) is 12.4 Å². The van der Waals surface area contributed by atoms with E-state index in [2.05, 4.69) is 6.92 Å². The van der Waals surface area contributed by atoms with Crippen molar-refractivity contribution in [1.29, 1.82) is 0 Å². The zero-order valence-corrected chi connectivity index (χ0v) is 8.95. The second kappa shape index (κ2) is 7.04. The Bertz CT molecular complexity index is 280. The van der Waals surface area contributed by atoms with E-state index in [1.165, 1.54) is 0 Å². The number of carbonyl (C=O) groups is 1. The van der Waals surface area contributed by atoms with Gasteiger partial charge in [0, 0.05) is 6.42 Å². The summed E-state index contributed by atoms with van der Waals surface area (Å²) in [6, 6.07) is 9.40. The van der Waals surface area contributed by atoms with E-state index < -0.39 is 0 Å². The first-order valence-corrected chi connectivity index (χ1v) is 5.31. The zero-order chi connectivity index (χ0) is 10.9. The molecule has 0 bridgehead atoms. The van der Waals surface area contributed by atoms with Crippen LogP contribution in [-0.4, -0.2) is 12.4 Å². The van der Waals surface area contributed by atoms with Crippen LogP contribution in [0.5, 0.6) is 5.75 Å². The van der Waals surface area contributed by atoms with Crippen LogP contribution in [0.15, 0.2) is 30.3 Å². The van der Waals surface area contributed by atoms with Gasteiger partial charge in [-0.15, -0.1) is 0 Å². The smallest absolute Gasteiger partial charge is 0.170 e. The number of Topliss-reactive ketones (excluding diaryl/α,β-unsaturated/α-hetero) is 1. The number of para-hydroxylation sites is 1. The highest BCUT2D eigenvalue weighted by Crippen LogP contribution is 2.08. The maximum absolute atomic E-state index is 11.3. The Labute approximate surface area is 91.3 Å². The number of benzene rings is 1. The number of ether oxygens (including phenoxy) is 1. The largest absolute Gasteiger partial charge is 0.486 e. The second-order valence-corrected chi connectivity index (χ2v) is 3.45. The molecular formula is C13H17O2. The molecule has 0 heterocycles. The Morgan fingerprint density at radius 1 is 1.20 bits per heavy atom. The summed E-state index contributed by atoms with van der Waals surface area (Å²) in [6.07, 6.45) is 3.42. The Morgan fingerprint density at radius 3 is 2.60 bits per heavy atom. The average molecular weight is 205 g/mol. The second-order valence-electron chi connectivity index (χ2n) is 3.45. The van der Waals surface area contributed by atoms with Gasteiger partial charge in [-0.05, 0) is 18.6 Å². The third-order valence-electron chi connectivity index (χ3n) is 2.10. The molecule has 0 fully saturated rings. The maximum Gasteiger partial charge on any atom is 0.170 e. The van der Waals surface area contributed by atoms with E-state index in [4.69, 9.17) is 4.74 Å². The van der Waals surface area contributed by atoms with Gasteiger partial charge in [0.2, 0.25) is 0 Å². The number of unbranched alkanes of at least 4 members (excludes halogenated alkanes) is 2. The molecule has 0 spiro atoms. The van der Waals surface area contributed by atoms with Gasteiger partial charge in [-0.3, -0.25) is 4.79 Å². The van der Waals surface area contributed by atoms with Gasteiger partial charge in [-0.1, -0.05) is 38.0 Å². The van der Waals surface area contributed by atoms with Crippen molar-refractivity contribution in [2.24, 2.45) is 0 Å². The fourth-order valence-electron chi connectivity index (χ4n) is 1.25. The number of carbonyl (C=O) groups excluding carboxylic acids is 1. The van der Waals surface area contributed by atoms with E-state index in [-0.39, 0.29) is 12.4 Å². The van der Waals surface area contributed by atoms with E-state index in [9.17, 15) is 4.79 Å². The van der Waals surface area contributed by atoms with Gasteiger partial charge < -0.3 is 4.74 Å². The van der Waals surface area contributed by atoms with Gasteiger partial charge in [-0.25, -0.2) is 0 Å². The van der Waals surface area contributed by atoms with Crippen molar-refractivity contribution >= 4 is 5.78 Å². The van der Waals surface area contributed by atoms with Gasteiger partial charge in [0.15, 0.2) is 5.78 Å². The lowest BCUT2D eigenvalue weighted by molar-refractivity contribution is -0.121. The van der Waals surface area contributed by atoms with Crippen LogP contribution < -0.4 is 4.74 Å². The Hall–Kier alpha value is -1.31. The van der Waals surface area contributed by atoms with E-state index in [0.29, 0.717) is 6.42 Å². The lowest BCUT2D eigenvalue weighted by Crippen LogP contribution is -2.10. The highest BCUT2D eigenvalue weighted by Gasteiger charge is 2.02. The molecule has 0 aliphatic heterocycles. The topological polar surface area (TPSA) is 26.3 Å². The van der Waals surface area contributed by atoms with Crippen LogP contribution in [0.3, 0.4) is 0 Å². The molecule has 0 aliphatic carbocycles. The summed E-state index contributed by atoms with van der Waals surface area (Å²) in [4.78, 5) is 11.3. The molecular weight excluding hydrogens is 188 g/mol. The number of rotatable bonds is 7. The molecule has 15 heavy (non-hydrogen) atoms. The zero-order valence-electron chi connectivity index (χ0n) is 8.95. The molecule has 1 aromatic rings. The van der Waals surface area contributed by atoms with Crippen LogP contribution in [0.2, 0.25) is 0 Å². The minimum atomic E-state index is 0.160. The quantitative estimate of drug-likeness (QED) is 0.639. The van der Waals surface area contributed by atoms with Crippen LogP contribution in [0.4, 0.5) is 0 Å². The Balaban J connectivity index is 2.17. The van der Waals surface area contributed by atoms with Gasteiger partial charge >= 0.3 is 0 Å². The van der Waals surface area contributed by atoms with Gasteiger partial charge in [-0.2, -0.15) is 0 Å². The Kier molecular flexibility index (Phi) is 5.52. The Morgan fingerprint density at radius 2 is 1.93 bits per heavy atom. The summed E-state index contributed by atoms with van der Waals surface area (Å²) in [5, 5.41) is 0. The van der Waals surface area contributed by atoms with E-state index in [1.54, 1.807) is 0 Å². The van der Waals surface area contributed by atoms with Gasteiger partial charge in [0.25, 0.3) is 0 Å². The molecule has 0 amide bonds. The molecule has 81 valence electrons. The molecule has 1 radical (unpaired) electrons. The van der Waals surface area contributed by atoms with Crippen LogP contribution in [-0.2, 0) is 4.79 Å². The molecule has 2 nitrogen and oxygen atoms in total. The average Bonchev–Trinajstić information content (AvgIpc) is 2.28. The van der Waals surface area contributed by atoms with Crippen LogP contribution in [0, 0.1) is 6.92 Å². The number of hydrogen-bond donors (Lipinski definition) is 0. The first-order chi connectivity index (χ1) is 7.33. The lowest BCUT2D eigenvalue weighted by Gasteiger charge is -2.04. The summed E-state index contributed by atoms with van der Waals surface area (Å²) in [6.45, 7) is 3.92. The molecule has 0 aromatic heterocycles. The fraction of sp³-hybridized carbons (Fsp3) is 0.385. The minimum absolute atomic E-state index is 0.160. The van der Waals surface area contributed by atoms with Crippen LogP contribution in [0.25, 0.3) is 0 Å². The van der Waals surface area contributed by atoms with Crippen molar-refractivity contribution in [3.05, 3.63) is 37.3 Å². The van der Waals surface area contributed by atoms with E-state index in [1.807, 2.05) is 30.3 Å². The normalized spacial score (nSPS) is 9.93. The van der Waals surface area contributed by atoms with Crippen molar-refractivity contribution in [2.45, 2.75) is 25.7 Å². The van der Waals surface area contributed by atoms with Crippen molar-refractivity contribution < 1.29 is 9.53 Å². The van der Waals surface area contributed by atoms with Crippen LogP contribution >= 0.6 is 0 Å². The first-order valence-electron chi connectivity index (χ1n) is 5.31. The van der Waals surface area contributed by atoms with E-state index >= 15 is 0 Å². The molecule has 0 unspecified atom stereocenters. The van der Waals surface area contributed by atoms with Gasteiger partial charge in [0.05, 0.1) is 0 Å². The van der Waals surface area contributed by atoms with Crippen molar-refractivity contribution in [3.8, 4) is 5.75 Å². The van der Waals surface area contributed by atoms with Crippen molar-refractivity contribution in [3.63, 3.8) is 0 Å². The molecule has 2 heteroatoms. The molecule has 1 rings (SSSR count). The lowest BCUT2D eigenvalue weighted by atomic mass is 10.1. The number of ketones is 1. The third-order valence-corrected chi connectivity index (χ3v) is 2.10. The highest BCUT2D eigenvalue weighted by molar-refractivity contribution is 5.79. The summed E-state index contributed by atoms with van der Waals surface area (Å²) in [7, 11) is 0.